The molecule has 0 rings (SSSR count). The summed E-state index contributed by atoms with van der Waals surface area (Å²) in [5.41, 5.74) is 5.39. The van der Waals surface area contributed by atoms with Crippen LogP contribution in [0.4, 0.5) is 0 Å². The van der Waals surface area contributed by atoms with Crippen molar-refractivity contribution in [2.75, 3.05) is 46.6 Å². The van der Waals surface area contributed by atoms with E-state index in [2.05, 4.69) is 16.0 Å². The third-order valence-electron chi connectivity index (χ3n) is 9.06. The SMILES string of the molecule is CN[C@@H](CCCCNC(=O)COCCOCCCC(=O)CCC(NC(=O)CCCCCCCCCCCCCCCCC(C)=O)C(=O)O)C(=O)CN. The molecule has 0 aliphatic carbocycles. The van der Waals surface area contributed by atoms with Crippen LogP contribution in [0.3, 0.4) is 0 Å². The number of Topliss-reactive ketones (excluding diaryl/α,β-unsaturated/α-hetero) is 3. The maximum atomic E-state index is 12.3. The fraction of sp³-hybridized carbons (Fsp3) is 0.846. The van der Waals surface area contributed by atoms with Gasteiger partial charge in [-0.1, -0.05) is 77.0 Å². The molecule has 0 radical (unpaired) electrons. The van der Waals surface area contributed by atoms with Gasteiger partial charge in [-0.25, -0.2) is 4.79 Å². The van der Waals surface area contributed by atoms with E-state index in [0.717, 1.165) is 57.8 Å². The molecule has 302 valence electrons. The number of carboxylic acid groups (broad SMARTS) is 1. The molecule has 1 unspecified atom stereocenters. The van der Waals surface area contributed by atoms with E-state index in [1.807, 2.05) is 0 Å². The van der Waals surface area contributed by atoms with Gasteiger partial charge in [0.1, 0.15) is 24.2 Å². The summed E-state index contributed by atoms with van der Waals surface area (Å²) in [7, 11) is 1.73. The minimum atomic E-state index is -1.14. The number of carbonyl (C=O) groups is 6. The lowest BCUT2D eigenvalue weighted by Gasteiger charge is -2.14. The molecule has 0 saturated carbocycles. The summed E-state index contributed by atoms with van der Waals surface area (Å²) < 4.78 is 10.8. The number of aliphatic carboxylic acids is 1. The molecule has 0 spiro atoms. The van der Waals surface area contributed by atoms with E-state index < -0.39 is 12.0 Å². The number of rotatable bonds is 39. The highest BCUT2D eigenvalue weighted by molar-refractivity contribution is 5.86. The first-order valence-corrected chi connectivity index (χ1v) is 20.0. The van der Waals surface area contributed by atoms with Gasteiger partial charge in [0.15, 0.2) is 5.78 Å². The van der Waals surface area contributed by atoms with Crippen LogP contribution in [0.25, 0.3) is 0 Å². The first kappa shape index (κ1) is 49.3. The number of ether oxygens (including phenoxy) is 2. The average molecular weight is 741 g/mol. The van der Waals surface area contributed by atoms with Crippen LogP contribution in [0.1, 0.15) is 155 Å². The predicted molar refractivity (Wildman–Crippen MR) is 203 cm³/mol. The summed E-state index contributed by atoms with van der Waals surface area (Å²) in [4.78, 5) is 70.7. The molecule has 0 fully saturated rings. The number of carbonyl (C=O) groups excluding carboxylic acids is 5. The van der Waals surface area contributed by atoms with Gasteiger partial charge in [-0.05, 0) is 58.9 Å². The molecule has 13 heteroatoms. The number of amides is 2. The molecule has 0 aromatic carbocycles. The van der Waals surface area contributed by atoms with Gasteiger partial charge in [0, 0.05) is 38.8 Å². The molecule has 0 saturated heterocycles. The van der Waals surface area contributed by atoms with Crippen molar-refractivity contribution >= 4 is 35.1 Å². The Labute approximate surface area is 313 Å². The first-order chi connectivity index (χ1) is 25.1. The molecule has 0 bridgehead atoms. The summed E-state index contributed by atoms with van der Waals surface area (Å²) in [6.07, 6.45) is 20.2. The molecule has 0 aliphatic rings. The molecule has 2 amide bonds. The Morgan fingerprint density at radius 1 is 0.596 bits per heavy atom. The fourth-order valence-corrected chi connectivity index (χ4v) is 5.85. The monoisotopic (exact) mass is 741 g/mol. The van der Waals surface area contributed by atoms with Gasteiger partial charge in [0.25, 0.3) is 0 Å². The molecule has 0 aromatic rings. The van der Waals surface area contributed by atoms with Crippen molar-refractivity contribution in [3.63, 3.8) is 0 Å². The molecule has 0 aliphatic heterocycles. The molecule has 0 heterocycles. The Morgan fingerprint density at radius 2 is 1.15 bits per heavy atom. The van der Waals surface area contributed by atoms with E-state index in [-0.39, 0.29) is 87.3 Å². The highest BCUT2D eigenvalue weighted by Crippen LogP contribution is 2.14. The van der Waals surface area contributed by atoms with Gasteiger partial charge in [-0.15, -0.1) is 0 Å². The van der Waals surface area contributed by atoms with E-state index in [4.69, 9.17) is 15.2 Å². The van der Waals surface area contributed by atoms with Crippen LogP contribution in [0.2, 0.25) is 0 Å². The van der Waals surface area contributed by atoms with E-state index in [0.29, 0.717) is 26.0 Å². The molecular weight excluding hydrogens is 668 g/mol. The van der Waals surface area contributed by atoms with Gasteiger partial charge >= 0.3 is 5.97 Å². The number of unbranched alkanes of at least 4 members (excludes halogenated alkanes) is 14. The Hall–Kier alpha value is -2.74. The number of hydrogen-bond donors (Lipinski definition) is 5. The predicted octanol–water partition coefficient (Wildman–Crippen LogP) is 4.95. The maximum absolute atomic E-state index is 12.3. The van der Waals surface area contributed by atoms with Gasteiger partial charge < -0.3 is 41.1 Å². The molecule has 6 N–H and O–H groups in total. The van der Waals surface area contributed by atoms with Crippen molar-refractivity contribution in [3.8, 4) is 0 Å². The largest absolute Gasteiger partial charge is 0.480 e. The van der Waals surface area contributed by atoms with Crippen molar-refractivity contribution < 1.29 is 43.3 Å². The number of nitrogens with one attached hydrogen (secondary N) is 3. The first-order valence-electron chi connectivity index (χ1n) is 20.0. The summed E-state index contributed by atoms with van der Waals surface area (Å²) in [5, 5.41) is 17.8. The summed E-state index contributed by atoms with van der Waals surface area (Å²) in [6, 6.07) is -1.33. The molecule has 13 nitrogen and oxygen atoms in total. The zero-order valence-corrected chi connectivity index (χ0v) is 32.5. The highest BCUT2D eigenvalue weighted by Gasteiger charge is 2.21. The van der Waals surface area contributed by atoms with Crippen molar-refractivity contribution in [1.82, 2.24) is 16.0 Å². The lowest BCUT2D eigenvalue weighted by atomic mass is 10.0. The summed E-state index contributed by atoms with van der Waals surface area (Å²) in [5.74, 6) is -1.47. The van der Waals surface area contributed by atoms with Gasteiger partial charge in [0.05, 0.1) is 25.8 Å². The van der Waals surface area contributed by atoms with Crippen molar-refractivity contribution in [1.29, 1.82) is 0 Å². The number of ketones is 3. The Balaban J connectivity index is 3.72. The lowest BCUT2D eigenvalue weighted by Crippen LogP contribution is -2.41. The van der Waals surface area contributed by atoms with E-state index >= 15 is 0 Å². The van der Waals surface area contributed by atoms with E-state index in [9.17, 15) is 33.9 Å². The van der Waals surface area contributed by atoms with Crippen LogP contribution in [-0.2, 0) is 38.2 Å². The topological polar surface area (TPSA) is 203 Å². The Kier molecular flexibility index (Phi) is 33.4. The number of hydrogen-bond acceptors (Lipinski definition) is 10. The summed E-state index contributed by atoms with van der Waals surface area (Å²) >= 11 is 0. The maximum Gasteiger partial charge on any atom is 0.326 e. The van der Waals surface area contributed by atoms with Gasteiger partial charge in [0.2, 0.25) is 11.8 Å². The second-order valence-electron chi connectivity index (χ2n) is 13.8. The molecule has 2 atom stereocenters. The zero-order chi connectivity index (χ0) is 38.7. The zero-order valence-electron chi connectivity index (χ0n) is 32.5. The number of nitrogens with two attached hydrogens (primary N) is 1. The molecule has 0 aromatic heterocycles. The van der Waals surface area contributed by atoms with Crippen LogP contribution in [0, 0.1) is 0 Å². The van der Waals surface area contributed by atoms with Crippen LogP contribution in [-0.4, -0.2) is 98.9 Å². The standard InChI is InChI=1S/C39H72N4O9/c1-32(44)20-15-13-11-9-7-5-3-4-6-8-10-12-14-16-23-37(47)43-35(39(49)50)25-24-33(45)21-19-27-51-28-29-52-31-38(48)42-26-18-17-22-34(41-2)36(46)30-40/h34-35,41H,3-31,40H2,1-2H3,(H,42,48)(H,43,47)(H,49,50)/t34-,35?/m0/s1. The lowest BCUT2D eigenvalue weighted by molar-refractivity contribution is -0.142. The van der Waals surface area contributed by atoms with Crippen LogP contribution in [0.15, 0.2) is 0 Å². The van der Waals surface area contributed by atoms with Crippen LogP contribution < -0.4 is 21.7 Å². The second-order valence-corrected chi connectivity index (χ2v) is 13.8. The van der Waals surface area contributed by atoms with Crippen LogP contribution in [0.5, 0.6) is 0 Å². The minimum absolute atomic E-state index is 0.00860. The van der Waals surface area contributed by atoms with Crippen molar-refractivity contribution in [2.24, 2.45) is 5.73 Å². The van der Waals surface area contributed by atoms with E-state index in [1.54, 1.807) is 14.0 Å². The average Bonchev–Trinajstić information content (AvgIpc) is 3.11. The third kappa shape index (κ3) is 32.0. The van der Waals surface area contributed by atoms with E-state index in [1.165, 1.54) is 51.4 Å². The molecule has 52 heavy (non-hydrogen) atoms. The normalized spacial score (nSPS) is 12.3. The fourth-order valence-electron chi connectivity index (χ4n) is 5.85. The number of carboxylic acids is 1. The van der Waals surface area contributed by atoms with Crippen LogP contribution >= 0.6 is 0 Å². The van der Waals surface area contributed by atoms with Crippen molar-refractivity contribution in [3.05, 3.63) is 0 Å². The van der Waals surface area contributed by atoms with Gasteiger partial charge in [-0.3, -0.25) is 19.2 Å². The van der Waals surface area contributed by atoms with Crippen molar-refractivity contribution in [2.45, 2.75) is 167 Å². The summed E-state index contributed by atoms with van der Waals surface area (Å²) in [6.45, 7) is 2.94. The van der Waals surface area contributed by atoms with Gasteiger partial charge in [-0.2, -0.15) is 0 Å². The third-order valence-corrected chi connectivity index (χ3v) is 9.06. The quantitative estimate of drug-likeness (QED) is 0.0534. The molecular formula is C39H72N4O9. The smallest absolute Gasteiger partial charge is 0.326 e. The second kappa shape index (κ2) is 35.3. The minimum Gasteiger partial charge on any atom is -0.480 e. The Bertz CT molecular complexity index is 979. The Morgan fingerprint density at radius 3 is 1.69 bits per heavy atom. The number of likely N-dealkylation sites (N-methyl/N-ethyl adjacent to an activating group) is 1. The highest BCUT2D eigenvalue weighted by atomic mass is 16.5.